The number of aromatic nitrogens is 2. The molecule has 28 heavy (non-hydrogen) atoms. The SMILES string of the molecule is CCN(CC)C[C@@H](O)COc1ccc(CN(C)Cc2ncc(C)[nH]2)cc1OC. The summed E-state index contributed by atoms with van der Waals surface area (Å²) < 4.78 is 11.3. The highest BCUT2D eigenvalue weighted by atomic mass is 16.5. The molecule has 0 unspecified atom stereocenters. The molecule has 0 aliphatic heterocycles. The number of aliphatic hydroxyl groups is 1. The highest BCUT2D eigenvalue weighted by Gasteiger charge is 2.13. The van der Waals surface area contributed by atoms with Gasteiger partial charge in [-0.1, -0.05) is 19.9 Å². The zero-order valence-corrected chi connectivity index (χ0v) is 17.7. The van der Waals surface area contributed by atoms with E-state index in [0.29, 0.717) is 18.0 Å². The number of hydrogen-bond donors (Lipinski definition) is 2. The van der Waals surface area contributed by atoms with Crippen LogP contribution in [0.25, 0.3) is 0 Å². The van der Waals surface area contributed by atoms with Crippen molar-refractivity contribution in [2.45, 2.75) is 40.0 Å². The third kappa shape index (κ3) is 6.82. The molecule has 1 aromatic heterocycles. The number of nitrogens with one attached hydrogen (secondary N) is 1. The van der Waals surface area contributed by atoms with Crippen LogP contribution in [-0.4, -0.2) is 71.4 Å². The summed E-state index contributed by atoms with van der Waals surface area (Å²) in [4.78, 5) is 12.0. The summed E-state index contributed by atoms with van der Waals surface area (Å²) in [6.07, 6.45) is 1.31. The van der Waals surface area contributed by atoms with Gasteiger partial charge in [0, 0.05) is 25.0 Å². The van der Waals surface area contributed by atoms with Gasteiger partial charge in [0.15, 0.2) is 11.5 Å². The van der Waals surface area contributed by atoms with Crippen LogP contribution in [0.2, 0.25) is 0 Å². The number of rotatable bonds is 12. The maximum absolute atomic E-state index is 10.2. The fourth-order valence-electron chi connectivity index (χ4n) is 3.12. The van der Waals surface area contributed by atoms with Crippen LogP contribution in [0.4, 0.5) is 0 Å². The minimum absolute atomic E-state index is 0.240. The molecule has 0 aliphatic rings. The number of aromatic amines is 1. The summed E-state index contributed by atoms with van der Waals surface area (Å²) in [6, 6.07) is 5.91. The van der Waals surface area contributed by atoms with Gasteiger partial charge in [-0.05, 0) is 44.8 Å². The maximum atomic E-state index is 10.2. The molecule has 0 amide bonds. The number of benzene rings is 1. The molecule has 1 heterocycles. The van der Waals surface area contributed by atoms with Crippen molar-refractivity contribution >= 4 is 0 Å². The first-order valence-corrected chi connectivity index (χ1v) is 9.84. The monoisotopic (exact) mass is 390 g/mol. The standard InChI is InChI=1S/C21H34N4O3/c1-6-25(7-2)13-18(26)15-28-19-9-8-17(10-20(19)27-5)12-24(4)14-21-22-11-16(3)23-21/h8-11,18,26H,6-7,12-15H2,1-5H3,(H,22,23)/t18-/m1/s1. The van der Waals surface area contributed by atoms with E-state index in [2.05, 4.69) is 40.7 Å². The van der Waals surface area contributed by atoms with E-state index in [1.165, 1.54) is 0 Å². The molecular formula is C21H34N4O3. The minimum atomic E-state index is -0.535. The molecule has 2 rings (SSSR count). The second-order valence-electron chi connectivity index (χ2n) is 7.12. The third-order valence-electron chi connectivity index (χ3n) is 4.65. The molecule has 2 aromatic rings. The zero-order valence-electron chi connectivity index (χ0n) is 17.7. The zero-order chi connectivity index (χ0) is 20.5. The summed E-state index contributed by atoms with van der Waals surface area (Å²) >= 11 is 0. The second-order valence-corrected chi connectivity index (χ2v) is 7.12. The smallest absolute Gasteiger partial charge is 0.161 e. The summed E-state index contributed by atoms with van der Waals surface area (Å²) in [5.41, 5.74) is 2.19. The quantitative estimate of drug-likeness (QED) is 0.580. The predicted octanol–water partition coefficient (Wildman–Crippen LogP) is 2.44. The average molecular weight is 391 g/mol. The van der Waals surface area contributed by atoms with Crippen molar-refractivity contribution in [1.29, 1.82) is 0 Å². The van der Waals surface area contributed by atoms with E-state index in [1.807, 2.05) is 31.3 Å². The molecule has 0 saturated heterocycles. The minimum Gasteiger partial charge on any atom is -0.493 e. The maximum Gasteiger partial charge on any atom is 0.161 e. The van der Waals surface area contributed by atoms with Gasteiger partial charge in [-0.2, -0.15) is 0 Å². The topological polar surface area (TPSA) is 73.9 Å². The van der Waals surface area contributed by atoms with Gasteiger partial charge in [0.25, 0.3) is 0 Å². The number of aliphatic hydroxyl groups excluding tert-OH is 1. The molecule has 0 bridgehead atoms. The molecule has 0 fully saturated rings. The Labute approximate surface area is 168 Å². The molecule has 2 N–H and O–H groups in total. The first kappa shape index (κ1) is 22.2. The van der Waals surface area contributed by atoms with Gasteiger partial charge >= 0.3 is 0 Å². The van der Waals surface area contributed by atoms with Gasteiger partial charge < -0.3 is 24.5 Å². The number of likely N-dealkylation sites (N-methyl/N-ethyl adjacent to an activating group) is 1. The number of hydrogen-bond acceptors (Lipinski definition) is 6. The lowest BCUT2D eigenvalue weighted by Crippen LogP contribution is -2.35. The van der Waals surface area contributed by atoms with E-state index in [0.717, 1.165) is 43.3 Å². The van der Waals surface area contributed by atoms with Gasteiger partial charge in [0.05, 0.1) is 13.7 Å². The van der Waals surface area contributed by atoms with Crippen molar-refractivity contribution in [2.75, 3.05) is 40.4 Å². The highest BCUT2D eigenvalue weighted by molar-refractivity contribution is 5.43. The number of aryl methyl sites for hydroxylation is 1. The van der Waals surface area contributed by atoms with Crippen molar-refractivity contribution in [2.24, 2.45) is 0 Å². The van der Waals surface area contributed by atoms with Crippen molar-refractivity contribution in [3.8, 4) is 11.5 Å². The Morgan fingerprint density at radius 1 is 1.18 bits per heavy atom. The van der Waals surface area contributed by atoms with Crippen LogP contribution in [0.3, 0.4) is 0 Å². The van der Waals surface area contributed by atoms with Crippen LogP contribution in [0.1, 0.15) is 30.9 Å². The Bertz CT molecular complexity index is 715. The lowest BCUT2D eigenvalue weighted by atomic mass is 10.2. The van der Waals surface area contributed by atoms with Crippen LogP contribution in [0.5, 0.6) is 11.5 Å². The Morgan fingerprint density at radius 2 is 1.93 bits per heavy atom. The molecule has 0 radical (unpaired) electrons. The highest BCUT2D eigenvalue weighted by Crippen LogP contribution is 2.28. The van der Waals surface area contributed by atoms with E-state index in [9.17, 15) is 5.11 Å². The molecule has 7 nitrogen and oxygen atoms in total. The van der Waals surface area contributed by atoms with Gasteiger partial charge in [0.1, 0.15) is 18.5 Å². The van der Waals surface area contributed by atoms with Crippen LogP contribution >= 0.6 is 0 Å². The molecule has 1 atom stereocenters. The average Bonchev–Trinajstić information content (AvgIpc) is 3.09. The predicted molar refractivity (Wildman–Crippen MR) is 111 cm³/mol. The van der Waals surface area contributed by atoms with Gasteiger partial charge in [-0.3, -0.25) is 4.90 Å². The molecule has 1 aromatic carbocycles. The molecule has 0 aliphatic carbocycles. The number of nitrogens with zero attached hydrogens (tertiary/aromatic N) is 3. The number of H-pyrrole nitrogens is 1. The summed E-state index contributed by atoms with van der Waals surface area (Å²) in [7, 11) is 3.69. The molecule has 0 saturated carbocycles. The number of methoxy groups -OCH3 is 1. The van der Waals surface area contributed by atoms with Crippen LogP contribution in [-0.2, 0) is 13.1 Å². The van der Waals surface area contributed by atoms with E-state index in [4.69, 9.17) is 9.47 Å². The molecular weight excluding hydrogens is 356 g/mol. The van der Waals surface area contributed by atoms with Gasteiger partial charge in [-0.25, -0.2) is 4.98 Å². The van der Waals surface area contributed by atoms with Crippen molar-refractivity contribution < 1.29 is 14.6 Å². The summed E-state index contributed by atoms with van der Waals surface area (Å²) in [5, 5.41) is 10.2. The summed E-state index contributed by atoms with van der Waals surface area (Å²) in [5.74, 6) is 2.28. The Kier molecular flexibility index (Phi) is 8.76. The molecule has 7 heteroatoms. The first-order chi connectivity index (χ1) is 13.4. The number of imidazole rings is 1. The first-order valence-electron chi connectivity index (χ1n) is 9.84. The Hall–Kier alpha value is -2.09. The van der Waals surface area contributed by atoms with Crippen molar-refractivity contribution in [3.63, 3.8) is 0 Å². The molecule has 156 valence electrons. The van der Waals surface area contributed by atoms with E-state index in [-0.39, 0.29) is 6.61 Å². The Balaban J connectivity index is 1.91. The van der Waals surface area contributed by atoms with Crippen LogP contribution < -0.4 is 9.47 Å². The Morgan fingerprint density at radius 3 is 2.54 bits per heavy atom. The lowest BCUT2D eigenvalue weighted by Gasteiger charge is -2.22. The number of ether oxygens (including phenoxy) is 2. The second kappa shape index (κ2) is 11.0. The van der Waals surface area contributed by atoms with E-state index in [1.54, 1.807) is 7.11 Å². The van der Waals surface area contributed by atoms with Crippen molar-refractivity contribution in [1.82, 2.24) is 19.8 Å². The lowest BCUT2D eigenvalue weighted by molar-refractivity contribution is 0.0705. The normalized spacial score (nSPS) is 12.6. The fourth-order valence-corrected chi connectivity index (χ4v) is 3.12. The molecule has 0 spiro atoms. The van der Waals surface area contributed by atoms with Crippen molar-refractivity contribution in [3.05, 3.63) is 41.5 Å². The fraction of sp³-hybridized carbons (Fsp3) is 0.571. The third-order valence-corrected chi connectivity index (χ3v) is 4.65. The van der Waals surface area contributed by atoms with E-state index >= 15 is 0 Å². The van der Waals surface area contributed by atoms with Crippen LogP contribution in [0.15, 0.2) is 24.4 Å². The summed E-state index contributed by atoms with van der Waals surface area (Å²) in [6.45, 7) is 10.3. The van der Waals surface area contributed by atoms with Gasteiger partial charge in [0.2, 0.25) is 0 Å². The van der Waals surface area contributed by atoms with Gasteiger partial charge in [-0.15, -0.1) is 0 Å². The largest absolute Gasteiger partial charge is 0.493 e. The van der Waals surface area contributed by atoms with Crippen LogP contribution in [0, 0.1) is 6.92 Å². The van der Waals surface area contributed by atoms with E-state index < -0.39 is 6.10 Å².